The summed E-state index contributed by atoms with van der Waals surface area (Å²) in [6, 6.07) is 5.92. The maximum Gasteiger partial charge on any atom is 0.207 e. The van der Waals surface area contributed by atoms with Crippen molar-refractivity contribution >= 4 is 17.4 Å². The molecule has 108 valence electrons. The van der Waals surface area contributed by atoms with Crippen molar-refractivity contribution in [2.45, 2.75) is 33.2 Å². The van der Waals surface area contributed by atoms with Gasteiger partial charge in [-0.15, -0.1) is 0 Å². The zero-order chi connectivity index (χ0) is 14.8. The van der Waals surface area contributed by atoms with Crippen LogP contribution in [0.4, 0.5) is 0 Å². The minimum atomic E-state index is -0.0579. The fourth-order valence-electron chi connectivity index (χ4n) is 2.30. The van der Waals surface area contributed by atoms with E-state index in [0.717, 1.165) is 35.1 Å². The number of carbonyl (C=O) groups excluding carboxylic acids is 1. The number of hydrogen-bond donors (Lipinski definition) is 1. The molecule has 0 spiro atoms. The predicted molar refractivity (Wildman–Crippen MR) is 78.9 cm³/mol. The molecule has 2 aromatic rings. The normalized spacial score (nSPS) is 13.2. The number of methoxy groups -OCH3 is 1. The van der Waals surface area contributed by atoms with Crippen LogP contribution < -0.4 is 10.1 Å². The third-order valence-corrected chi connectivity index (χ3v) is 4.00. The minimum absolute atomic E-state index is 0.0579. The lowest BCUT2D eigenvalue weighted by Gasteiger charge is -2.31. The smallest absolute Gasteiger partial charge is 0.207 e. The van der Waals surface area contributed by atoms with Crippen molar-refractivity contribution in [2.75, 3.05) is 7.11 Å². The largest absolute Gasteiger partial charge is 0.497 e. The van der Waals surface area contributed by atoms with E-state index >= 15 is 0 Å². The fourth-order valence-corrected chi connectivity index (χ4v) is 2.30. The van der Waals surface area contributed by atoms with E-state index in [0.29, 0.717) is 0 Å². The number of hydrogen-bond acceptors (Lipinski definition) is 3. The number of benzene rings is 1. The summed E-state index contributed by atoms with van der Waals surface area (Å²) in [7, 11) is 1.64. The molecule has 0 unspecified atom stereocenters. The van der Waals surface area contributed by atoms with Gasteiger partial charge in [0.25, 0.3) is 0 Å². The maximum atomic E-state index is 10.6. The lowest BCUT2D eigenvalue weighted by atomic mass is 9.79. The predicted octanol–water partition coefficient (Wildman–Crippen LogP) is 3.14. The number of furan rings is 1. The van der Waals surface area contributed by atoms with Gasteiger partial charge in [0, 0.05) is 17.5 Å². The van der Waals surface area contributed by atoms with E-state index in [1.54, 1.807) is 13.4 Å². The van der Waals surface area contributed by atoms with Gasteiger partial charge in [-0.1, -0.05) is 13.8 Å². The number of rotatable bonds is 6. The average molecular weight is 275 g/mol. The Bertz CT molecular complexity index is 601. The summed E-state index contributed by atoms with van der Waals surface area (Å²) in [5.41, 5.74) is 1.91. The van der Waals surface area contributed by atoms with Crippen LogP contribution in [0.2, 0.25) is 0 Å². The summed E-state index contributed by atoms with van der Waals surface area (Å²) in [4.78, 5) is 10.6. The summed E-state index contributed by atoms with van der Waals surface area (Å²) in [6.07, 6.45) is 3.37. The van der Waals surface area contributed by atoms with Crippen LogP contribution in [0.3, 0.4) is 0 Å². The van der Waals surface area contributed by atoms with Gasteiger partial charge in [-0.25, -0.2) is 0 Å². The summed E-state index contributed by atoms with van der Waals surface area (Å²) in [5, 5.41) is 3.93. The van der Waals surface area contributed by atoms with E-state index in [9.17, 15) is 4.79 Å². The molecule has 4 heteroatoms. The van der Waals surface area contributed by atoms with Crippen LogP contribution in [0.1, 0.15) is 26.3 Å². The van der Waals surface area contributed by atoms with Gasteiger partial charge in [0.1, 0.15) is 11.3 Å². The highest BCUT2D eigenvalue weighted by Gasteiger charge is 2.27. The zero-order valence-corrected chi connectivity index (χ0v) is 12.4. The van der Waals surface area contributed by atoms with E-state index in [4.69, 9.17) is 9.15 Å². The van der Waals surface area contributed by atoms with Crippen LogP contribution in [0, 0.1) is 5.41 Å². The summed E-state index contributed by atoms with van der Waals surface area (Å²) in [5.74, 6) is 0.786. The van der Waals surface area contributed by atoms with Gasteiger partial charge in [0.15, 0.2) is 0 Å². The second-order valence-electron chi connectivity index (χ2n) is 5.79. The molecule has 1 N–H and O–H groups in total. The van der Waals surface area contributed by atoms with E-state index < -0.39 is 0 Å². The lowest BCUT2D eigenvalue weighted by Crippen LogP contribution is -2.40. The molecule has 2 rings (SSSR count). The van der Waals surface area contributed by atoms with Crippen molar-refractivity contribution in [2.24, 2.45) is 5.41 Å². The highest BCUT2D eigenvalue weighted by molar-refractivity contribution is 5.82. The molecule has 0 fully saturated rings. The van der Waals surface area contributed by atoms with Crippen LogP contribution in [0.25, 0.3) is 11.0 Å². The van der Waals surface area contributed by atoms with Crippen LogP contribution in [-0.2, 0) is 11.2 Å². The second-order valence-corrected chi connectivity index (χ2v) is 5.79. The summed E-state index contributed by atoms with van der Waals surface area (Å²) in [6.45, 7) is 6.28. The van der Waals surface area contributed by atoms with E-state index in [1.807, 2.05) is 25.1 Å². The molecule has 4 nitrogen and oxygen atoms in total. The van der Waals surface area contributed by atoms with Gasteiger partial charge < -0.3 is 14.5 Å². The highest BCUT2D eigenvalue weighted by Crippen LogP contribution is 2.32. The Morgan fingerprint density at radius 3 is 2.85 bits per heavy atom. The van der Waals surface area contributed by atoms with Crippen LogP contribution in [-0.4, -0.2) is 19.6 Å². The average Bonchev–Trinajstić information content (AvgIpc) is 2.80. The van der Waals surface area contributed by atoms with E-state index in [-0.39, 0.29) is 11.5 Å². The number of amides is 1. The van der Waals surface area contributed by atoms with Crippen LogP contribution in [0.15, 0.2) is 28.9 Å². The van der Waals surface area contributed by atoms with Crippen molar-refractivity contribution in [3.05, 3.63) is 30.0 Å². The molecule has 1 atom stereocenters. The van der Waals surface area contributed by atoms with Crippen molar-refractivity contribution < 1.29 is 13.9 Å². The third kappa shape index (κ3) is 2.79. The Hall–Kier alpha value is -1.97. The Balaban J connectivity index is 2.27. The monoisotopic (exact) mass is 275 g/mol. The van der Waals surface area contributed by atoms with Crippen molar-refractivity contribution in [3.8, 4) is 5.75 Å². The molecule has 0 saturated carbocycles. The quantitative estimate of drug-likeness (QED) is 0.824. The Morgan fingerprint density at radius 2 is 2.20 bits per heavy atom. The maximum absolute atomic E-state index is 10.6. The molecule has 0 radical (unpaired) electrons. The Labute approximate surface area is 119 Å². The molecule has 0 aliphatic heterocycles. The van der Waals surface area contributed by atoms with Crippen molar-refractivity contribution in [1.29, 1.82) is 0 Å². The van der Waals surface area contributed by atoms with E-state index in [1.165, 1.54) is 0 Å². The van der Waals surface area contributed by atoms with Gasteiger partial charge in [-0.3, -0.25) is 4.79 Å². The molecule has 1 aromatic heterocycles. The third-order valence-electron chi connectivity index (χ3n) is 4.00. The SMILES string of the molecule is COc1ccc2c(CC(C)(C)[C@H](C)NC=O)coc2c1. The van der Waals surface area contributed by atoms with Crippen molar-refractivity contribution in [3.63, 3.8) is 0 Å². The second kappa shape index (κ2) is 5.57. The summed E-state index contributed by atoms with van der Waals surface area (Å²) < 4.78 is 10.8. The standard InChI is InChI=1S/C16H21NO3/c1-11(17-10-18)16(2,3)8-12-9-20-15-7-13(19-4)5-6-14(12)15/h5-7,9-11H,8H2,1-4H3,(H,17,18)/t11-/m0/s1. The molecule has 1 aromatic carbocycles. The van der Waals surface area contributed by atoms with Gasteiger partial charge in [-0.2, -0.15) is 0 Å². The zero-order valence-electron chi connectivity index (χ0n) is 12.4. The number of nitrogens with one attached hydrogen (secondary N) is 1. The summed E-state index contributed by atoms with van der Waals surface area (Å²) >= 11 is 0. The van der Waals surface area contributed by atoms with Gasteiger partial charge in [0.05, 0.1) is 13.4 Å². The molecular formula is C16H21NO3. The molecule has 0 aliphatic carbocycles. The lowest BCUT2D eigenvalue weighted by molar-refractivity contribution is -0.110. The molecule has 0 bridgehead atoms. The first-order valence-electron chi connectivity index (χ1n) is 6.72. The molecule has 1 amide bonds. The van der Waals surface area contributed by atoms with Crippen LogP contribution >= 0.6 is 0 Å². The molecule has 1 heterocycles. The van der Waals surface area contributed by atoms with Gasteiger partial charge in [0.2, 0.25) is 6.41 Å². The number of fused-ring (bicyclic) bond motifs is 1. The van der Waals surface area contributed by atoms with Gasteiger partial charge in [-0.05, 0) is 36.5 Å². The Kier molecular flexibility index (Phi) is 4.02. The van der Waals surface area contributed by atoms with Crippen molar-refractivity contribution in [1.82, 2.24) is 5.32 Å². The Morgan fingerprint density at radius 1 is 1.45 bits per heavy atom. The highest BCUT2D eigenvalue weighted by atomic mass is 16.5. The molecule has 0 saturated heterocycles. The first kappa shape index (κ1) is 14.4. The van der Waals surface area contributed by atoms with E-state index in [2.05, 4.69) is 19.2 Å². The molecular weight excluding hydrogens is 254 g/mol. The van der Waals surface area contributed by atoms with Crippen LogP contribution in [0.5, 0.6) is 5.75 Å². The number of ether oxygens (including phenoxy) is 1. The molecule has 0 aliphatic rings. The first-order valence-corrected chi connectivity index (χ1v) is 6.72. The topological polar surface area (TPSA) is 51.5 Å². The minimum Gasteiger partial charge on any atom is -0.497 e. The first-order chi connectivity index (χ1) is 9.47. The fraction of sp³-hybridized carbons (Fsp3) is 0.438. The van der Waals surface area contributed by atoms with Gasteiger partial charge >= 0.3 is 0 Å². The molecule has 20 heavy (non-hydrogen) atoms. The number of carbonyl (C=O) groups is 1.